The topological polar surface area (TPSA) is 313 Å². The number of nitrogens with two attached hydrogens (primary N) is 1. The molecule has 9 aromatic rings. The molecule has 542 valence electrons. The molecule has 2 aliphatic heterocycles. The van der Waals surface area contributed by atoms with E-state index in [1.165, 1.54) is 47.2 Å². The Bertz CT molecular complexity index is 4640. The van der Waals surface area contributed by atoms with E-state index in [9.17, 15) is 36.7 Å². The van der Waals surface area contributed by atoms with E-state index in [-0.39, 0.29) is 62.0 Å². The largest absolute Gasteiger partial charge is 0.463 e. The number of amides is 4. The second kappa shape index (κ2) is 30.3. The van der Waals surface area contributed by atoms with Crippen molar-refractivity contribution in [2.24, 2.45) is 32.5 Å². The van der Waals surface area contributed by atoms with Gasteiger partial charge in [-0.05, 0) is 118 Å². The molecule has 2 aliphatic carbocycles. The number of guanidine groups is 2. The fraction of sp³-hybridized carbons (Fsp3) is 0.356. The first-order valence-corrected chi connectivity index (χ1v) is 34.3. The zero-order valence-electron chi connectivity index (χ0n) is 57.4. The number of ether oxygens (including phenoxy) is 3. The second-order valence-corrected chi connectivity index (χ2v) is 29.1. The first-order chi connectivity index (χ1) is 49.6. The number of alkyl halides is 4. The van der Waals surface area contributed by atoms with E-state index in [1.54, 1.807) is 84.9 Å². The Hall–Kier alpha value is -10.8. The molecule has 2 fully saturated rings. The lowest BCUT2D eigenvalue weighted by atomic mass is 9.75. The standard InChI is InChI=1S/C41H41ClF2N8O5.C32H34ClF2N9O3/c1-40(2,3)23-41(30-14-11-27(12-15-30)29-19-47-51(20-29)37(43)44)36(54)52(38(49-41)48-39(55)57-21-26-7-5-4-6-8-26)33(22-56-34(53)17-25-9-10-25)28-13-16-32(42)31(18-28)35-45-24-46-50-35;1-31(2,3)16-32(21-7-4-18(5-8-21)20-13-39-43(14-20)28(34)35)27(45)44(29(36)41-32)25(15-47-30(46)40-22-9-10-22)19-6-11-24(33)23(12-19)26-37-17-38-42-26/h4-8,11-16,18-20,24-25,33,37H,9-10,17,21-23H2,1-3H3,(H,45,46,50)(H,48,49,55);4-8,11-14,17,22,25,28H,9-10,15-16H2,1-3H3,(H2,36,41)(H,40,46)(H,37,38,42)/t33-,41-;25-,32-/m11/s1. The lowest BCUT2D eigenvalue weighted by molar-refractivity contribution is -0.148. The average molecular weight is 1470 g/mol. The zero-order chi connectivity index (χ0) is 73.8. The zero-order valence-corrected chi connectivity index (χ0v) is 59.0. The van der Waals surface area contributed by atoms with Gasteiger partial charge in [0.1, 0.15) is 32.5 Å². The van der Waals surface area contributed by atoms with Gasteiger partial charge in [-0.15, -0.1) is 0 Å². The van der Waals surface area contributed by atoms with Crippen LogP contribution in [0.4, 0.5) is 27.2 Å². The molecule has 6 N–H and O–H groups in total. The van der Waals surface area contributed by atoms with Crippen LogP contribution in [0.15, 0.2) is 163 Å². The summed E-state index contributed by atoms with van der Waals surface area (Å²) in [7, 11) is 0. The van der Waals surface area contributed by atoms with Crippen molar-refractivity contribution in [1.82, 2.24) is 70.4 Å². The van der Waals surface area contributed by atoms with Crippen molar-refractivity contribution in [3.05, 3.63) is 191 Å². The van der Waals surface area contributed by atoms with Crippen molar-refractivity contribution in [2.45, 2.75) is 135 Å². The highest BCUT2D eigenvalue weighted by molar-refractivity contribution is 6.33. The summed E-state index contributed by atoms with van der Waals surface area (Å²) in [6.45, 7) is 5.76. The Morgan fingerprint density at radius 2 is 1.11 bits per heavy atom. The highest BCUT2D eigenvalue weighted by Crippen LogP contribution is 2.48. The average Bonchev–Trinajstić information content (AvgIpc) is 1.58. The third kappa shape index (κ3) is 16.8. The minimum Gasteiger partial charge on any atom is -0.463 e. The number of aromatic nitrogens is 10. The summed E-state index contributed by atoms with van der Waals surface area (Å²) in [4.78, 5) is 90.7. The lowest BCUT2D eigenvalue weighted by Crippen LogP contribution is -2.49. The molecule has 0 unspecified atom stereocenters. The van der Waals surface area contributed by atoms with Crippen LogP contribution in [0.3, 0.4) is 0 Å². The van der Waals surface area contributed by atoms with Crippen LogP contribution in [-0.2, 0) is 46.3 Å². The molecule has 4 amide bonds. The van der Waals surface area contributed by atoms with Gasteiger partial charge in [0.25, 0.3) is 11.8 Å². The minimum absolute atomic E-state index is 0.0473. The molecule has 0 spiro atoms. The molecule has 0 bridgehead atoms. The monoisotopic (exact) mass is 1460 g/mol. The van der Waals surface area contributed by atoms with Gasteiger partial charge >= 0.3 is 31.3 Å². The van der Waals surface area contributed by atoms with Crippen LogP contribution in [0.1, 0.15) is 139 Å². The van der Waals surface area contributed by atoms with Crippen LogP contribution in [0.25, 0.3) is 45.0 Å². The van der Waals surface area contributed by atoms with Gasteiger partial charge in [0.2, 0.25) is 5.96 Å². The summed E-state index contributed by atoms with van der Waals surface area (Å²) in [6, 6.07) is 31.3. The number of carbonyl (C=O) groups excluding carboxylic acids is 5. The SMILES string of the molecule is CC(C)(C)C[C@]1(c2ccc(-c3cnn(C(F)F)c3)cc2)N=C(N)N([C@H](COC(=O)NC2CC2)c2ccc(Cl)c(-c3ncn[nH]3)c2)C1=O.CC(C)(C)C[C@]1(c2ccc(-c3cnn(C(F)F)c3)cc2)N=C(NC(=O)OCc2ccccc2)N([C@H](COC(=O)CC2CC2)c2ccc(Cl)c(-c3ncn[nH]3)c2)C1=O. The van der Waals surface area contributed by atoms with Crippen molar-refractivity contribution < 1.29 is 55.7 Å². The van der Waals surface area contributed by atoms with E-state index in [4.69, 9.17) is 53.1 Å². The van der Waals surface area contributed by atoms with Crippen molar-refractivity contribution >= 4 is 65.1 Å². The number of hydrogen-bond donors (Lipinski definition) is 5. The molecule has 104 heavy (non-hydrogen) atoms. The Labute approximate surface area is 605 Å². The summed E-state index contributed by atoms with van der Waals surface area (Å²) in [5.74, 6) is -0.459. The Morgan fingerprint density at radius 3 is 1.57 bits per heavy atom. The van der Waals surface area contributed by atoms with Gasteiger partial charge in [-0.1, -0.05) is 156 Å². The Kier molecular flexibility index (Phi) is 21.2. The van der Waals surface area contributed by atoms with Gasteiger partial charge in [0, 0.05) is 47.1 Å². The third-order valence-corrected chi connectivity index (χ3v) is 18.4. The van der Waals surface area contributed by atoms with Gasteiger partial charge in [0.15, 0.2) is 28.7 Å². The number of hydrogen-bond acceptors (Lipinski definition) is 17. The summed E-state index contributed by atoms with van der Waals surface area (Å²) >= 11 is 13.2. The molecule has 13 rings (SSSR count). The normalized spacial score (nSPS) is 18.1. The van der Waals surface area contributed by atoms with Gasteiger partial charge in [0.05, 0.1) is 34.5 Å². The maximum absolute atomic E-state index is 15.5. The number of aromatic amines is 2. The highest BCUT2D eigenvalue weighted by Gasteiger charge is 2.56. The smallest absolute Gasteiger partial charge is 0.414 e. The second-order valence-electron chi connectivity index (χ2n) is 28.3. The van der Waals surface area contributed by atoms with E-state index < -0.39 is 71.6 Å². The minimum atomic E-state index is -2.80. The molecule has 0 radical (unpaired) electrons. The van der Waals surface area contributed by atoms with Crippen LogP contribution in [-0.4, -0.2) is 121 Å². The number of benzene rings is 5. The fourth-order valence-corrected chi connectivity index (χ4v) is 13.1. The molecule has 4 aliphatic rings. The van der Waals surface area contributed by atoms with Gasteiger partial charge in [-0.3, -0.25) is 39.7 Å². The number of nitrogens with one attached hydrogen (secondary N) is 4. The molecule has 0 saturated heterocycles. The summed E-state index contributed by atoms with van der Waals surface area (Å²) < 4.78 is 71.2. The lowest BCUT2D eigenvalue weighted by Gasteiger charge is -2.35. The molecule has 4 atom stereocenters. The van der Waals surface area contributed by atoms with Gasteiger partial charge < -0.3 is 25.3 Å². The van der Waals surface area contributed by atoms with Crippen LogP contribution < -0.4 is 16.4 Å². The van der Waals surface area contributed by atoms with E-state index >= 15 is 4.79 Å². The molecular formula is C73H75Cl2F4N17O8. The molecule has 31 heteroatoms. The number of esters is 1. The van der Waals surface area contributed by atoms with Crippen molar-refractivity contribution in [2.75, 3.05) is 13.2 Å². The maximum atomic E-state index is 15.5. The van der Waals surface area contributed by atoms with Crippen LogP contribution in [0.2, 0.25) is 10.0 Å². The highest BCUT2D eigenvalue weighted by atomic mass is 35.5. The summed E-state index contributed by atoms with van der Waals surface area (Å²) in [6.07, 6.45) is 10.8. The quantitative estimate of drug-likeness (QED) is 0.0226. The number of nitrogens with zero attached hydrogens (tertiary/aromatic N) is 12. The predicted molar refractivity (Wildman–Crippen MR) is 377 cm³/mol. The van der Waals surface area contributed by atoms with Crippen molar-refractivity contribution in [3.63, 3.8) is 0 Å². The summed E-state index contributed by atoms with van der Waals surface area (Å²) in [5.41, 5.74) is 8.75. The fourth-order valence-electron chi connectivity index (χ4n) is 12.7. The van der Waals surface area contributed by atoms with E-state index in [2.05, 4.69) is 51.2 Å². The number of alkyl carbamates (subject to hydrolysis) is 2. The van der Waals surface area contributed by atoms with Crippen LogP contribution in [0.5, 0.6) is 0 Å². The number of aliphatic imine (C=N–C) groups is 2. The van der Waals surface area contributed by atoms with Gasteiger partial charge in [-0.25, -0.2) is 38.9 Å². The Morgan fingerprint density at radius 1 is 0.615 bits per heavy atom. The van der Waals surface area contributed by atoms with E-state index in [0.29, 0.717) is 93.1 Å². The van der Waals surface area contributed by atoms with Crippen LogP contribution in [0, 0.1) is 16.7 Å². The van der Waals surface area contributed by atoms with Gasteiger partial charge in [-0.2, -0.15) is 38.0 Å². The summed E-state index contributed by atoms with van der Waals surface area (Å²) in [5, 5.41) is 27.2. The molecular weight excluding hydrogens is 1390 g/mol. The number of halogens is 6. The van der Waals surface area contributed by atoms with Crippen LogP contribution >= 0.6 is 23.2 Å². The number of rotatable bonds is 23. The Balaban J connectivity index is 0.000000199. The predicted octanol–water partition coefficient (Wildman–Crippen LogP) is 14.0. The molecule has 4 aromatic heterocycles. The van der Waals surface area contributed by atoms with E-state index in [1.807, 2.05) is 71.9 Å². The number of carbonyl (C=O) groups is 5. The maximum Gasteiger partial charge on any atom is 0.414 e. The molecule has 6 heterocycles. The first-order valence-electron chi connectivity index (χ1n) is 33.5. The number of H-pyrrole nitrogens is 2. The van der Waals surface area contributed by atoms with Crippen molar-refractivity contribution in [3.8, 4) is 45.0 Å². The first kappa shape index (κ1) is 73.0. The molecule has 2 saturated carbocycles. The van der Waals surface area contributed by atoms with Crippen molar-refractivity contribution in [1.29, 1.82) is 0 Å². The molecule has 25 nitrogen and oxygen atoms in total. The molecule has 5 aromatic carbocycles. The van der Waals surface area contributed by atoms with E-state index in [0.717, 1.165) is 31.2 Å². The third-order valence-electron chi connectivity index (χ3n) is 17.8.